The van der Waals surface area contributed by atoms with Crippen molar-refractivity contribution in [2.45, 2.75) is 25.0 Å². The average molecular weight is 223 g/mol. The Morgan fingerprint density at radius 1 is 1.38 bits per heavy atom. The number of pyridine rings is 1. The van der Waals surface area contributed by atoms with E-state index in [9.17, 15) is 0 Å². The van der Waals surface area contributed by atoms with Gasteiger partial charge in [-0.05, 0) is 18.9 Å². The highest BCUT2D eigenvalue weighted by molar-refractivity contribution is 5.62. The van der Waals surface area contributed by atoms with Crippen molar-refractivity contribution < 1.29 is 9.47 Å². The molecule has 0 radical (unpaired) electrons. The number of rotatable bonds is 4. The van der Waals surface area contributed by atoms with E-state index in [1.807, 2.05) is 0 Å². The SMILES string of the molecule is COc1ccc(N)c(NC2CC(OC)C2)n1. The van der Waals surface area contributed by atoms with E-state index >= 15 is 0 Å². The average Bonchev–Trinajstić information content (AvgIpc) is 2.25. The van der Waals surface area contributed by atoms with Crippen molar-refractivity contribution >= 4 is 11.5 Å². The van der Waals surface area contributed by atoms with E-state index in [1.165, 1.54) is 0 Å². The fourth-order valence-electron chi connectivity index (χ4n) is 1.75. The van der Waals surface area contributed by atoms with Crippen molar-refractivity contribution in [2.24, 2.45) is 0 Å². The molecule has 0 unspecified atom stereocenters. The quantitative estimate of drug-likeness (QED) is 0.804. The van der Waals surface area contributed by atoms with Crippen molar-refractivity contribution in [2.75, 3.05) is 25.3 Å². The lowest BCUT2D eigenvalue weighted by Gasteiger charge is -2.35. The summed E-state index contributed by atoms with van der Waals surface area (Å²) in [6.45, 7) is 0. The van der Waals surface area contributed by atoms with E-state index in [1.54, 1.807) is 26.4 Å². The number of nitrogens with two attached hydrogens (primary N) is 1. The van der Waals surface area contributed by atoms with Crippen molar-refractivity contribution in [1.29, 1.82) is 0 Å². The normalized spacial score (nSPS) is 23.6. The van der Waals surface area contributed by atoms with E-state index < -0.39 is 0 Å². The lowest BCUT2D eigenvalue weighted by atomic mass is 9.89. The van der Waals surface area contributed by atoms with Gasteiger partial charge < -0.3 is 20.5 Å². The Kier molecular flexibility index (Phi) is 3.14. The first-order chi connectivity index (χ1) is 7.72. The number of nitrogens with zero attached hydrogens (tertiary/aromatic N) is 1. The Balaban J connectivity index is 1.98. The van der Waals surface area contributed by atoms with Crippen LogP contribution in [0.3, 0.4) is 0 Å². The molecule has 88 valence electrons. The van der Waals surface area contributed by atoms with E-state index in [0.29, 0.717) is 29.5 Å². The van der Waals surface area contributed by atoms with Crippen LogP contribution in [0, 0.1) is 0 Å². The van der Waals surface area contributed by atoms with Gasteiger partial charge in [-0.15, -0.1) is 0 Å². The van der Waals surface area contributed by atoms with Gasteiger partial charge in [-0.3, -0.25) is 0 Å². The highest BCUT2D eigenvalue weighted by Gasteiger charge is 2.29. The lowest BCUT2D eigenvalue weighted by molar-refractivity contribution is 0.0328. The fourth-order valence-corrected chi connectivity index (χ4v) is 1.75. The number of hydrogen-bond donors (Lipinski definition) is 2. The standard InChI is InChI=1S/C11H17N3O2/c1-15-8-5-7(6-8)13-11-9(12)3-4-10(14-11)16-2/h3-4,7-8H,5-6,12H2,1-2H3,(H,13,14). The van der Waals surface area contributed by atoms with Gasteiger partial charge in [0.15, 0.2) is 5.82 Å². The van der Waals surface area contributed by atoms with E-state index in [0.717, 1.165) is 12.8 Å². The monoisotopic (exact) mass is 223 g/mol. The first-order valence-electron chi connectivity index (χ1n) is 5.32. The number of aromatic nitrogens is 1. The molecule has 0 atom stereocenters. The molecule has 1 aromatic rings. The fraction of sp³-hybridized carbons (Fsp3) is 0.545. The third kappa shape index (κ3) is 2.19. The molecule has 0 saturated heterocycles. The second-order valence-corrected chi connectivity index (χ2v) is 3.96. The summed E-state index contributed by atoms with van der Waals surface area (Å²) < 4.78 is 10.3. The van der Waals surface area contributed by atoms with Crippen LogP contribution >= 0.6 is 0 Å². The summed E-state index contributed by atoms with van der Waals surface area (Å²) in [5, 5.41) is 3.29. The van der Waals surface area contributed by atoms with Gasteiger partial charge in [0, 0.05) is 19.2 Å². The van der Waals surface area contributed by atoms with Gasteiger partial charge in [0.1, 0.15) is 0 Å². The van der Waals surface area contributed by atoms with Gasteiger partial charge in [0.2, 0.25) is 5.88 Å². The number of ether oxygens (including phenoxy) is 2. The summed E-state index contributed by atoms with van der Waals surface area (Å²) in [5.41, 5.74) is 6.47. The summed E-state index contributed by atoms with van der Waals surface area (Å²) in [7, 11) is 3.33. The maximum atomic E-state index is 5.83. The molecule has 0 spiro atoms. The second kappa shape index (κ2) is 4.57. The molecule has 0 aromatic carbocycles. The Bertz CT molecular complexity index is 364. The van der Waals surface area contributed by atoms with E-state index in [4.69, 9.17) is 15.2 Å². The van der Waals surface area contributed by atoms with Crippen LogP contribution in [-0.4, -0.2) is 31.3 Å². The Hall–Kier alpha value is -1.49. The zero-order valence-electron chi connectivity index (χ0n) is 9.56. The third-order valence-corrected chi connectivity index (χ3v) is 2.88. The summed E-state index contributed by atoms with van der Waals surface area (Å²) in [6.07, 6.45) is 2.35. The summed E-state index contributed by atoms with van der Waals surface area (Å²) in [5.74, 6) is 1.26. The maximum absolute atomic E-state index is 5.83. The lowest BCUT2D eigenvalue weighted by Crippen LogP contribution is -2.40. The summed E-state index contributed by atoms with van der Waals surface area (Å²) >= 11 is 0. The molecule has 0 aliphatic heterocycles. The number of methoxy groups -OCH3 is 2. The van der Waals surface area contributed by atoms with Crippen LogP contribution in [0.15, 0.2) is 12.1 Å². The van der Waals surface area contributed by atoms with Crippen molar-refractivity contribution in [1.82, 2.24) is 4.98 Å². The summed E-state index contributed by atoms with van der Waals surface area (Å²) in [6, 6.07) is 3.94. The van der Waals surface area contributed by atoms with Gasteiger partial charge in [-0.2, -0.15) is 4.98 Å². The van der Waals surface area contributed by atoms with Gasteiger partial charge in [-0.1, -0.05) is 0 Å². The number of hydrogen-bond acceptors (Lipinski definition) is 5. The number of nitrogen functional groups attached to an aromatic ring is 1. The van der Waals surface area contributed by atoms with Crippen LogP contribution in [-0.2, 0) is 4.74 Å². The minimum absolute atomic E-state index is 0.365. The molecule has 0 amide bonds. The molecule has 1 saturated carbocycles. The molecular formula is C11H17N3O2. The van der Waals surface area contributed by atoms with Gasteiger partial charge in [0.25, 0.3) is 0 Å². The van der Waals surface area contributed by atoms with Crippen LogP contribution in [0.4, 0.5) is 11.5 Å². The number of anilines is 2. The van der Waals surface area contributed by atoms with Crippen LogP contribution in [0.2, 0.25) is 0 Å². The molecule has 1 aliphatic carbocycles. The smallest absolute Gasteiger partial charge is 0.215 e. The molecule has 5 heteroatoms. The molecule has 1 heterocycles. The minimum Gasteiger partial charge on any atom is -0.481 e. The molecule has 1 fully saturated rings. The van der Waals surface area contributed by atoms with E-state index in [-0.39, 0.29) is 0 Å². The van der Waals surface area contributed by atoms with E-state index in [2.05, 4.69) is 10.3 Å². The second-order valence-electron chi connectivity index (χ2n) is 3.96. The molecule has 2 rings (SSSR count). The van der Waals surface area contributed by atoms with Gasteiger partial charge in [-0.25, -0.2) is 0 Å². The molecule has 0 bridgehead atoms. The molecule has 5 nitrogen and oxygen atoms in total. The third-order valence-electron chi connectivity index (χ3n) is 2.88. The predicted octanol–water partition coefficient (Wildman–Crippen LogP) is 1.26. The Labute approximate surface area is 95.0 Å². The van der Waals surface area contributed by atoms with Crippen LogP contribution < -0.4 is 15.8 Å². The zero-order valence-corrected chi connectivity index (χ0v) is 9.56. The minimum atomic E-state index is 0.365. The largest absolute Gasteiger partial charge is 0.481 e. The Morgan fingerprint density at radius 2 is 2.12 bits per heavy atom. The highest BCUT2D eigenvalue weighted by Crippen LogP contribution is 2.28. The van der Waals surface area contributed by atoms with Gasteiger partial charge >= 0.3 is 0 Å². The first kappa shape index (κ1) is 11.0. The van der Waals surface area contributed by atoms with Crippen LogP contribution in [0.25, 0.3) is 0 Å². The zero-order chi connectivity index (χ0) is 11.5. The van der Waals surface area contributed by atoms with Crippen LogP contribution in [0.5, 0.6) is 5.88 Å². The Morgan fingerprint density at radius 3 is 2.75 bits per heavy atom. The van der Waals surface area contributed by atoms with Crippen molar-refractivity contribution in [3.63, 3.8) is 0 Å². The predicted molar refractivity (Wildman–Crippen MR) is 62.6 cm³/mol. The first-order valence-corrected chi connectivity index (χ1v) is 5.32. The number of nitrogens with one attached hydrogen (secondary N) is 1. The van der Waals surface area contributed by atoms with Gasteiger partial charge in [0.05, 0.1) is 18.9 Å². The molecule has 3 N–H and O–H groups in total. The molecule has 16 heavy (non-hydrogen) atoms. The topological polar surface area (TPSA) is 69.4 Å². The van der Waals surface area contributed by atoms with Crippen molar-refractivity contribution in [3.8, 4) is 5.88 Å². The molecule has 1 aliphatic rings. The van der Waals surface area contributed by atoms with Crippen LogP contribution in [0.1, 0.15) is 12.8 Å². The highest BCUT2D eigenvalue weighted by atomic mass is 16.5. The molecule has 1 aromatic heterocycles. The maximum Gasteiger partial charge on any atom is 0.215 e. The van der Waals surface area contributed by atoms with Crippen molar-refractivity contribution in [3.05, 3.63) is 12.1 Å². The summed E-state index contributed by atoms with van der Waals surface area (Å²) in [4.78, 5) is 4.26. The molecular weight excluding hydrogens is 206 g/mol.